The van der Waals surface area contributed by atoms with E-state index in [4.69, 9.17) is 8.22 Å². The van der Waals surface area contributed by atoms with E-state index in [0.29, 0.717) is 13.1 Å². The molecule has 0 fully saturated rings. The van der Waals surface area contributed by atoms with Gasteiger partial charge in [0, 0.05) is 8.22 Å². The highest BCUT2D eigenvalue weighted by molar-refractivity contribution is 4.39. The minimum Gasteiger partial charge on any atom is -0.317 e. The predicted octanol–water partition coefficient (Wildman–Crippen LogP) is 1.40. The summed E-state index contributed by atoms with van der Waals surface area (Å²) in [5, 5.41) is 2.78. The van der Waals surface area contributed by atoms with Gasteiger partial charge in [-0.3, -0.25) is 0 Å². The zero-order chi connectivity index (χ0) is 10.5. The van der Waals surface area contributed by atoms with E-state index in [0.717, 1.165) is 0 Å². The van der Waals surface area contributed by atoms with Crippen molar-refractivity contribution in [3.8, 4) is 0 Å². The Morgan fingerprint density at radius 1 is 1.29 bits per heavy atom. The van der Waals surface area contributed by atoms with Gasteiger partial charge in [-0.1, -0.05) is 13.7 Å². The third-order valence-electron chi connectivity index (χ3n) is 0.604. The lowest BCUT2D eigenvalue weighted by Crippen LogP contribution is -2.14. The van der Waals surface area contributed by atoms with Crippen LogP contribution in [0.25, 0.3) is 0 Å². The third kappa shape index (κ3) is 5.96. The van der Waals surface area contributed by atoms with E-state index in [1.54, 1.807) is 0 Å². The van der Waals surface area contributed by atoms with E-state index in [9.17, 15) is 0 Å². The molecule has 0 aromatic carbocycles. The standard InChI is InChI=1S/C6H15N/c1-3-5-7-6-4-2/h7H,3-6H2,1-2H3/i1D3,2D3. The molecule has 0 unspecified atom stereocenters. The van der Waals surface area contributed by atoms with Crippen molar-refractivity contribution in [3.05, 3.63) is 0 Å². The first-order valence-electron chi connectivity index (χ1n) is 5.41. The lowest BCUT2D eigenvalue weighted by atomic mass is 10.4. The zero-order valence-electron chi connectivity index (χ0n) is 10.3. The molecule has 7 heavy (non-hydrogen) atoms. The molecule has 0 aliphatic heterocycles. The molecule has 44 valence electrons. The minimum absolute atomic E-state index is 0.0774. The SMILES string of the molecule is [2H]C([2H])([2H])CCNCCC([2H])([2H])[2H]. The topological polar surface area (TPSA) is 12.0 Å². The molecule has 1 N–H and O–H groups in total. The molecule has 0 amide bonds. The van der Waals surface area contributed by atoms with Gasteiger partial charge in [-0.2, -0.15) is 0 Å². The third-order valence-corrected chi connectivity index (χ3v) is 0.604. The number of nitrogens with one attached hydrogen (secondary N) is 1. The molecule has 1 nitrogen and oxygen atoms in total. The fourth-order valence-corrected chi connectivity index (χ4v) is 0.302. The van der Waals surface area contributed by atoms with Crippen LogP contribution >= 0.6 is 0 Å². The molecule has 1 heteroatoms. The second kappa shape index (κ2) is 5.96. The Bertz CT molecular complexity index is 121. The number of hydrogen-bond donors (Lipinski definition) is 1. The molecule has 0 spiro atoms. The Morgan fingerprint density at radius 3 is 2.29 bits per heavy atom. The van der Waals surface area contributed by atoms with Gasteiger partial charge < -0.3 is 5.32 Å². The quantitative estimate of drug-likeness (QED) is 0.535. The summed E-state index contributed by atoms with van der Waals surface area (Å²) in [7, 11) is 0. The second-order valence-electron chi connectivity index (χ2n) is 1.25. The molecular formula is C6H15N. The molecule has 0 saturated carbocycles. The zero-order valence-corrected chi connectivity index (χ0v) is 4.33. The summed E-state index contributed by atoms with van der Waals surface area (Å²) >= 11 is 0. The molecule has 0 rings (SSSR count). The van der Waals surface area contributed by atoms with Crippen LogP contribution in [0.5, 0.6) is 0 Å². The molecule has 0 atom stereocenters. The van der Waals surface area contributed by atoms with Crippen LogP contribution in [0.4, 0.5) is 0 Å². The number of rotatable bonds is 4. The summed E-state index contributed by atoms with van der Waals surface area (Å²) in [5.41, 5.74) is 0. The molecule has 0 radical (unpaired) electrons. The highest BCUT2D eigenvalue weighted by Crippen LogP contribution is 1.71. The van der Waals surface area contributed by atoms with Crippen LogP contribution in [0.2, 0.25) is 0 Å². The Labute approximate surface area is 54.5 Å². The van der Waals surface area contributed by atoms with Gasteiger partial charge in [0.1, 0.15) is 0 Å². The van der Waals surface area contributed by atoms with Crippen LogP contribution in [-0.2, 0) is 0 Å². The normalized spacial score (nSPS) is 25.7. The number of hydrogen-bond acceptors (Lipinski definition) is 1. The lowest BCUT2D eigenvalue weighted by molar-refractivity contribution is 0.662. The van der Waals surface area contributed by atoms with Crippen molar-refractivity contribution in [2.75, 3.05) is 13.1 Å². The molecule has 0 aliphatic rings. The van der Waals surface area contributed by atoms with Crippen LogP contribution in [0, 0.1) is 0 Å². The Hall–Kier alpha value is -0.0400. The average molecular weight is 107 g/mol. The van der Waals surface area contributed by atoms with Crippen molar-refractivity contribution in [2.45, 2.75) is 26.5 Å². The molecule has 0 saturated heterocycles. The van der Waals surface area contributed by atoms with E-state index >= 15 is 0 Å². The van der Waals surface area contributed by atoms with E-state index in [2.05, 4.69) is 5.32 Å². The highest BCUT2D eigenvalue weighted by atomic mass is 14.8. The van der Waals surface area contributed by atoms with Gasteiger partial charge in [-0.15, -0.1) is 0 Å². The molecule has 0 aromatic rings. The average Bonchev–Trinajstić information content (AvgIpc) is 1.81. The summed E-state index contributed by atoms with van der Waals surface area (Å²) in [4.78, 5) is 0. The van der Waals surface area contributed by atoms with Gasteiger partial charge in [-0.05, 0) is 25.9 Å². The molecule has 0 heterocycles. The summed E-state index contributed by atoms with van der Waals surface area (Å²) in [6, 6.07) is 0. The first-order valence-corrected chi connectivity index (χ1v) is 2.41. The predicted molar refractivity (Wildman–Crippen MR) is 33.5 cm³/mol. The summed E-state index contributed by atoms with van der Waals surface area (Å²) in [5.74, 6) is 0. The van der Waals surface area contributed by atoms with Crippen molar-refractivity contribution in [1.29, 1.82) is 0 Å². The van der Waals surface area contributed by atoms with Crippen molar-refractivity contribution in [2.24, 2.45) is 0 Å². The Morgan fingerprint density at radius 2 is 1.86 bits per heavy atom. The first-order chi connectivity index (χ1) is 5.71. The second-order valence-corrected chi connectivity index (χ2v) is 1.25. The fourth-order valence-electron chi connectivity index (χ4n) is 0.302. The van der Waals surface area contributed by atoms with E-state index in [-0.39, 0.29) is 12.8 Å². The lowest BCUT2D eigenvalue weighted by Gasteiger charge is -1.95. The van der Waals surface area contributed by atoms with Gasteiger partial charge >= 0.3 is 0 Å². The van der Waals surface area contributed by atoms with Gasteiger partial charge in [-0.25, -0.2) is 0 Å². The van der Waals surface area contributed by atoms with Crippen LogP contribution in [0.1, 0.15) is 34.8 Å². The van der Waals surface area contributed by atoms with E-state index < -0.39 is 13.7 Å². The first kappa shape index (κ1) is 1.73. The molecule has 0 aromatic heterocycles. The van der Waals surface area contributed by atoms with Crippen LogP contribution < -0.4 is 5.32 Å². The summed E-state index contributed by atoms with van der Waals surface area (Å²) < 4.78 is 41.2. The van der Waals surface area contributed by atoms with E-state index in [1.807, 2.05) is 0 Å². The monoisotopic (exact) mass is 107 g/mol. The smallest absolute Gasteiger partial charge is 0.0231 e. The van der Waals surface area contributed by atoms with Gasteiger partial charge in [0.05, 0.1) is 0 Å². The maximum Gasteiger partial charge on any atom is 0.0231 e. The molecule has 0 aliphatic carbocycles. The molecular weight excluding hydrogens is 86.1 g/mol. The summed E-state index contributed by atoms with van der Waals surface area (Å²) in [6.45, 7) is -3.17. The van der Waals surface area contributed by atoms with Crippen molar-refractivity contribution in [3.63, 3.8) is 0 Å². The molecule has 0 bridgehead atoms. The van der Waals surface area contributed by atoms with Crippen molar-refractivity contribution in [1.82, 2.24) is 5.32 Å². The van der Waals surface area contributed by atoms with Crippen LogP contribution in [-0.4, -0.2) is 13.1 Å². The van der Waals surface area contributed by atoms with Crippen molar-refractivity contribution < 1.29 is 8.22 Å². The van der Waals surface area contributed by atoms with Crippen molar-refractivity contribution >= 4 is 0 Å². The minimum atomic E-state index is -1.92. The maximum atomic E-state index is 6.87. The van der Waals surface area contributed by atoms with Gasteiger partial charge in [0.2, 0.25) is 0 Å². The van der Waals surface area contributed by atoms with Gasteiger partial charge in [0.25, 0.3) is 0 Å². The van der Waals surface area contributed by atoms with Crippen LogP contribution in [0.15, 0.2) is 0 Å². The fraction of sp³-hybridized carbons (Fsp3) is 1.00. The summed E-state index contributed by atoms with van der Waals surface area (Å²) in [6.07, 6.45) is 0.155. The van der Waals surface area contributed by atoms with Gasteiger partial charge in [0.15, 0.2) is 0 Å². The highest BCUT2D eigenvalue weighted by Gasteiger charge is 1.76. The maximum absolute atomic E-state index is 6.87. The van der Waals surface area contributed by atoms with E-state index in [1.165, 1.54) is 0 Å². The Balaban J connectivity index is 3.28. The Kier molecular flexibility index (Phi) is 1.47. The van der Waals surface area contributed by atoms with Crippen LogP contribution in [0.3, 0.4) is 0 Å². The largest absolute Gasteiger partial charge is 0.317 e.